The number of hydrogen-bond donors (Lipinski definition) is 0. The molecule has 0 atom stereocenters. The molecule has 7 aromatic heterocycles. The predicted molar refractivity (Wildman–Crippen MR) is 488 cm³/mol. The maximum Gasteiger partial charge on any atom is 0.260 e. The zero-order chi connectivity index (χ0) is 79.2. The Morgan fingerprint density at radius 3 is 1.11 bits per heavy atom. The molecule has 0 unspecified atom stereocenters. The van der Waals surface area contributed by atoms with E-state index in [0.717, 1.165) is 135 Å². The maximum atomic E-state index is 7.36. The predicted octanol–water partition coefficient (Wildman–Crippen LogP) is 26.9. The molecule has 0 radical (unpaired) electrons. The second-order valence-electron chi connectivity index (χ2n) is 38.1. The normalized spacial score (nSPS) is 13.5. The number of fused-ring (bicyclic) bond motifs is 20. The molecule has 19 aromatic rings. The Morgan fingerprint density at radius 2 is 0.678 bits per heavy atom. The van der Waals surface area contributed by atoms with Crippen LogP contribution in [0.4, 0.5) is 0 Å². The minimum atomic E-state index is -0.329. The molecule has 21 rings (SSSR count). The molecule has 0 N–H and O–H groups in total. The molecule has 10 heteroatoms. The number of para-hydroxylation sites is 2. The lowest BCUT2D eigenvalue weighted by molar-refractivity contribution is 0.462. The SMILES string of the molecule is CC(C)c1cc2c3c(c1)Oc1ccc(-c4cc(-n5c6cc(C(C)(C)C)ccc6c6ccc(C(C)(C)C)cc65)cc(-n5c6cc(C(C)(C)C)ccc6c6c7c(ccc65)sc5ccccc57)n4)cc1B3c1cc(-c3cc(-n4c5ccccc5c5ccccc54)cc(-n4c5cc(C(C)(C)C)ccc5c5ccc(C(C)(C)C)cc54)n3)ccc1O2. The summed E-state index contributed by atoms with van der Waals surface area (Å²) < 4.78 is 27.1. The summed E-state index contributed by atoms with van der Waals surface area (Å²) in [4.78, 5) is 12.1. The average Bonchev–Trinajstić information content (AvgIpc) is 0.819. The highest BCUT2D eigenvalue weighted by Gasteiger charge is 2.42. The van der Waals surface area contributed by atoms with Crippen molar-refractivity contribution in [2.45, 2.75) is 151 Å². The van der Waals surface area contributed by atoms with Gasteiger partial charge in [0.1, 0.15) is 34.6 Å². The van der Waals surface area contributed by atoms with Crippen LogP contribution >= 0.6 is 11.3 Å². The molecule has 9 heterocycles. The van der Waals surface area contributed by atoms with Crippen molar-refractivity contribution in [2.75, 3.05) is 0 Å². The molecule has 2 aliphatic heterocycles. The van der Waals surface area contributed by atoms with Gasteiger partial charge in [-0.1, -0.05) is 245 Å². The van der Waals surface area contributed by atoms with Gasteiger partial charge in [-0.25, -0.2) is 9.97 Å². The Hall–Kier alpha value is -12.0. The van der Waals surface area contributed by atoms with E-state index in [9.17, 15) is 0 Å². The van der Waals surface area contributed by atoms with Crippen molar-refractivity contribution >= 4 is 142 Å². The highest BCUT2D eigenvalue weighted by Crippen LogP contribution is 2.49. The van der Waals surface area contributed by atoms with Gasteiger partial charge in [0.2, 0.25) is 0 Å². The number of nitrogens with zero attached hydrogens (tertiary/aromatic N) is 6. The van der Waals surface area contributed by atoms with Crippen molar-refractivity contribution in [1.29, 1.82) is 0 Å². The van der Waals surface area contributed by atoms with Gasteiger partial charge in [0.05, 0.1) is 66.9 Å². The molecule has 0 saturated carbocycles. The third-order valence-electron chi connectivity index (χ3n) is 25.0. The fraction of sp³-hybridized carbons (Fsp3) is 0.219. The van der Waals surface area contributed by atoms with Crippen LogP contribution in [0.5, 0.6) is 23.0 Å². The van der Waals surface area contributed by atoms with Crippen LogP contribution in [0, 0.1) is 0 Å². The molecule has 0 spiro atoms. The minimum Gasteiger partial charge on any atom is -0.458 e. The van der Waals surface area contributed by atoms with E-state index < -0.39 is 0 Å². The van der Waals surface area contributed by atoms with Crippen molar-refractivity contribution in [1.82, 2.24) is 28.2 Å². The molecule has 0 saturated heterocycles. The lowest BCUT2D eigenvalue weighted by Crippen LogP contribution is -2.57. The maximum absolute atomic E-state index is 7.36. The smallest absolute Gasteiger partial charge is 0.260 e. The van der Waals surface area contributed by atoms with Crippen LogP contribution in [-0.4, -0.2) is 34.9 Å². The first-order chi connectivity index (χ1) is 54.9. The Morgan fingerprint density at radius 1 is 0.304 bits per heavy atom. The van der Waals surface area contributed by atoms with Crippen LogP contribution in [0.15, 0.2) is 249 Å². The Labute approximate surface area is 676 Å². The van der Waals surface area contributed by atoms with Crippen LogP contribution in [0.2, 0.25) is 0 Å². The lowest BCUT2D eigenvalue weighted by Gasteiger charge is -2.34. The fourth-order valence-electron chi connectivity index (χ4n) is 18.6. The van der Waals surface area contributed by atoms with Crippen LogP contribution < -0.4 is 25.9 Å². The van der Waals surface area contributed by atoms with E-state index in [4.69, 9.17) is 19.4 Å². The standard InChI is InChI=1S/C105H93BN6O2S/c1-59(2)62-48-92-100-93(49-62)114-91-44-31-61(81-56-69(110-85-50-63(101(3,4)5)32-37-72(85)73-38-33-64(51-86(73)110)102(6,7)8)58-96(107-81)111-84-42-45-95-99(77-26-20-23-29-94(77)115-95)98(84)76-41-36-67(54-89(76)111)105(15,16)17)47-79(91)106(100)78-46-60(30-43-90(78)113-92)80-55-68(109-82-27-21-18-24-70(82)71-25-19-22-28-83(71)109)57-97(108-80)112-87-52-65(103(9,10)11)34-39-74(87)75-40-35-66(53-88(75)112)104(12,13)14/h18-59H,1-17H3. The van der Waals surface area contributed by atoms with E-state index in [2.05, 4.69) is 385 Å². The average molecular weight is 1510 g/mol. The van der Waals surface area contributed by atoms with E-state index in [1.165, 1.54) is 91.1 Å². The van der Waals surface area contributed by atoms with Crippen molar-refractivity contribution in [2.24, 2.45) is 0 Å². The summed E-state index contributed by atoms with van der Waals surface area (Å²) in [6.07, 6.45) is 0. The van der Waals surface area contributed by atoms with E-state index >= 15 is 0 Å². The monoisotopic (exact) mass is 1510 g/mol. The molecule has 12 aromatic carbocycles. The molecule has 0 aliphatic carbocycles. The summed E-state index contributed by atoms with van der Waals surface area (Å²) >= 11 is 1.87. The number of aromatic nitrogens is 6. The second-order valence-corrected chi connectivity index (χ2v) is 39.2. The first-order valence-electron chi connectivity index (χ1n) is 40.9. The first kappa shape index (κ1) is 70.9. The Kier molecular flexibility index (Phi) is 15.3. The van der Waals surface area contributed by atoms with Crippen molar-refractivity contribution in [3.63, 3.8) is 0 Å². The highest BCUT2D eigenvalue weighted by atomic mass is 32.1. The van der Waals surface area contributed by atoms with Gasteiger partial charge in [-0.15, -0.1) is 11.3 Å². The number of thiophene rings is 1. The summed E-state index contributed by atoms with van der Waals surface area (Å²) in [6.45, 7) is 38.9. The molecule has 0 bridgehead atoms. The summed E-state index contributed by atoms with van der Waals surface area (Å²) in [5.74, 6) is 5.07. The van der Waals surface area contributed by atoms with Gasteiger partial charge in [-0.2, -0.15) is 0 Å². The van der Waals surface area contributed by atoms with Gasteiger partial charge in [-0.05, 0) is 186 Å². The van der Waals surface area contributed by atoms with Crippen molar-refractivity contribution in [3.8, 4) is 68.5 Å². The summed E-state index contributed by atoms with van der Waals surface area (Å²) in [5.41, 5.74) is 24.6. The molecule has 0 amide bonds. The third-order valence-corrected chi connectivity index (χ3v) is 26.2. The zero-order valence-electron chi connectivity index (χ0n) is 68.7. The van der Waals surface area contributed by atoms with Gasteiger partial charge in [-0.3, -0.25) is 9.13 Å². The fourth-order valence-corrected chi connectivity index (χ4v) is 19.7. The topological polar surface area (TPSA) is 64.0 Å². The number of rotatable bonds is 7. The zero-order valence-corrected chi connectivity index (χ0v) is 69.6. The molecule has 0 fully saturated rings. The Bertz CT molecular complexity index is 7210. The van der Waals surface area contributed by atoms with Crippen molar-refractivity contribution in [3.05, 3.63) is 282 Å². The quantitative estimate of drug-likeness (QED) is 0.149. The number of pyridine rings is 2. The number of ether oxygens (including phenoxy) is 2. The Balaban J connectivity index is 0.821. The van der Waals surface area contributed by atoms with E-state index in [1.54, 1.807) is 0 Å². The van der Waals surface area contributed by atoms with Gasteiger partial charge < -0.3 is 18.6 Å². The molecular formula is C105H93BN6O2S. The molecule has 8 nitrogen and oxygen atoms in total. The van der Waals surface area contributed by atoms with Crippen LogP contribution in [0.25, 0.3) is 153 Å². The van der Waals surface area contributed by atoms with Gasteiger partial charge in [0.25, 0.3) is 6.71 Å². The molecule has 115 heavy (non-hydrogen) atoms. The third kappa shape index (κ3) is 11.1. The largest absolute Gasteiger partial charge is 0.458 e. The highest BCUT2D eigenvalue weighted by molar-refractivity contribution is 7.26. The number of hydrogen-bond acceptors (Lipinski definition) is 5. The summed E-state index contributed by atoms with van der Waals surface area (Å²) in [7, 11) is 0. The van der Waals surface area contributed by atoms with Gasteiger partial charge >= 0.3 is 0 Å². The van der Waals surface area contributed by atoms with E-state index in [-0.39, 0.29) is 39.7 Å². The number of benzene rings is 12. The van der Waals surface area contributed by atoms with Crippen LogP contribution in [0.3, 0.4) is 0 Å². The second kappa shape index (κ2) is 24.8. The first-order valence-corrected chi connectivity index (χ1v) is 41.7. The van der Waals surface area contributed by atoms with Crippen LogP contribution in [-0.2, 0) is 27.1 Å². The molecule has 564 valence electrons. The summed E-state index contributed by atoms with van der Waals surface area (Å²) in [5, 5.41) is 12.2. The molecule has 2 aliphatic rings. The summed E-state index contributed by atoms with van der Waals surface area (Å²) in [6, 6.07) is 94.2. The van der Waals surface area contributed by atoms with Crippen molar-refractivity contribution < 1.29 is 9.47 Å². The van der Waals surface area contributed by atoms with Gasteiger partial charge in [0, 0.05) is 92.0 Å². The lowest BCUT2D eigenvalue weighted by atomic mass is 9.34. The van der Waals surface area contributed by atoms with E-state index in [1.807, 2.05) is 11.3 Å². The van der Waals surface area contributed by atoms with Crippen LogP contribution in [0.1, 0.15) is 157 Å². The van der Waals surface area contributed by atoms with Gasteiger partial charge in [0.15, 0.2) is 0 Å². The molecular weight excluding hydrogens is 1420 g/mol. The van der Waals surface area contributed by atoms with E-state index in [0.29, 0.717) is 0 Å². The minimum absolute atomic E-state index is 0.109.